The van der Waals surface area contributed by atoms with Crippen molar-refractivity contribution in [2.24, 2.45) is 5.41 Å². The van der Waals surface area contributed by atoms with Crippen molar-refractivity contribution in [2.45, 2.75) is 46.5 Å². The van der Waals surface area contributed by atoms with Gasteiger partial charge in [-0.1, -0.05) is 0 Å². The highest BCUT2D eigenvalue weighted by atomic mass is 16.5. The molecule has 0 saturated heterocycles. The lowest BCUT2D eigenvalue weighted by Crippen LogP contribution is -2.42. The van der Waals surface area contributed by atoms with Crippen LogP contribution in [0.25, 0.3) is 0 Å². The highest BCUT2D eigenvalue weighted by Crippen LogP contribution is 2.29. The molecule has 0 bridgehead atoms. The Kier molecular flexibility index (Phi) is 47.0. The van der Waals surface area contributed by atoms with Gasteiger partial charge in [-0.05, 0) is 0 Å². The number of hydrogen-bond donors (Lipinski definition) is 13. The summed E-state index contributed by atoms with van der Waals surface area (Å²) in [6.07, 6.45) is 0.774. The maximum absolute atomic E-state index is 11.5. The quantitative estimate of drug-likeness (QED) is 0.0333. The Morgan fingerprint density at radius 1 is 0.289 bits per heavy atom. The van der Waals surface area contributed by atoms with Gasteiger partial charge in [-0.15, -0.1) is 0 Å². The van der Waals surface area contributed by atoms with Gasteiger partial charge in [0.15, 0.2) is 0 Å². The summed E-state index contributed by atoms with van der Waals surface area (Å²) in [5, 5.41) is 33.3. The molecule has 510 valence electrons. The van der Waals surface area contributed by atoms with E-state index in [4.69, 9.17) is 47.4 Å². The zero-order valence-electron chi connectivity index (χ0n) is 53.6. The van der Waals surface area contributed by atoms with Gasteiger partial charge >= 0.3 is 18.1 Å². The van der Waals surface area contributed by atoms with E-state index in [1.807, 2.05) is 0 Å². The molecule has 90 heavy (non-hydrogen) atoms. The van der Waals surface area contributed by atoms with Crippen molar-refractivity contribution >= 4 is 59.4 Å². The van der Waals surface area contributed by atoms with Gasteiger partial charge in [0.1, 0.15) is 74.1 Å². The SMILES string of the molecule is CC(=O)NCCOc1cc(OCCNC(C)=O)cc(OCCNC(C)=O)c1.CNC(=O)CCOCC(COCCC(=O)NC)(COCCC(=O)NC)COCCC(=O)NC.CNC(=O)NCCOc1cc(OCCNC(=O)NC)cc(OCCNC(=O)NC)c1. The van der Waals surface area contributed by atoms with E-state index in [1.54, 1.807) is 64.6 Å². The van der Waals surface area contributed by atoms with Crippen LogP contribution in [0.2, 0.25) is 0 Å². The predicted octanol–water partition coefficient (Wildman–Crippen LogP) is -1.58. The van der Waals surface area contributed by atoms with Crippen molar-refractivity contribution in [2.75, 3.05) is 181 Å². The number of benzene rings is 2. The van der Waals surface area contributed by atoms with Crippen LogP contribution in [0.3, 0.4) is 0 Å². The van der Waals surface area contributed by atoms with Crippen LogP contribution in [0, 0.1) is 5.41 Å². The van der Waals surface area contributed by atoms with E-state index in [9.17, 15) is 47.9 Å². The molecule has 0 aliphatic carbocycles. The van der Waals surface area contributed by atoms with Gasteiger partial charge in [0.25, 0.3) is 0 Å². The summed E-state index contributed by atoms with van der Waals surface area (Å²) in [6, 6.07) is 9.22. The van der Waals surface area contributed by atoms with E-state index in [2.05, 4.69) is 69.1 Å². The molecule has 2 rings (SSSR count). The third-order valence-corrected chi connectivity index (χ3v) is 11.2. The lowest BCUT2D eigenvalue weighted by molar-refractivity contribution is -0.129. The molecule has 0 spiro atoms. The predicted molar refractivity (Wildman–Crippen MR) is 330 cm³/mol. The molecule has 33 nitrogen and oxygen atoms in total. The monoisotopic (exact) mass is 1280 g/mol. The van der Waals surface area contributed by atoms with E-state index in [0.29, 0.717) is 93.6 Å². The molecule has 0 saturated carbocycles. The summed E-state index contributed by atoms with van der Waals surface area (Å²) in [7, 11) is 10.8. The molecule has 0 aromatic heterocycles. The van der Waals surface area contributed by atoms with Crippen LogP contribution in [0.15, 0.2) is 36.4 Å². The molecule has 13 amide bonds. The van der Waals surface area contributed by atoms with Crippen molar-refractivity contribution in [1.82, 2.24) is 69.1 Å². The third kappa shape index (κ3) is 45.5. The smallest absolute Gasteiger partial charge is 0.314 e. The Balaban J connectivity index is 0.00000133. The normalized spacial score (nSPS) is 10.2. The highest BCUT2D eigenvalue weighted by Gasteiger charge is 2.33. The fraction of sp³-hybridized carbons (Fsp3) is 0.614. The first-order chi connectivity index (χ1) is 43.2. The third-order valence-electron chi connectivity index (χ3n) is 11.2. The van der Waals surface area contributed by atoms with Crippen LogP contribution in [0.1, 0.15) is 46.5 Å². The van der Waals surface area contributed by atoms with Crippen molar-refractivity contribution < 1.29 is 95.3 Å². The Bertz CT molecular complexity index is 2120. The van der Waals surface area contributed by atoms with Crippen molar-refractivity contribution in [3.8, 4) is 34.5 Å². The average molecular weight is 1280 g/mol. The van der Waals surface area contributed by atoms with E-state index >= 15 is 0 Å². The molecular formula is C57H97N13O20. The number of nitrogens with one attached hydrogen (secondary N) is 13. The van der Waals surface area contributed by atoms with Crippen molar-refractivity contribution in [3.05, 3.63) is 36.4 Å². The lowest BCUT2D eigenvalue weighted by atomic mass is 9.92. The number of carbonyl (C=O) groups excluding carboxylic acids is 10. The zero-order chi connectivity index (χ0) is 67.2. The molecule has 0 heterocycles. The molecular weight excluding hydrogens is 1190 g/mol. The van der Waals surface area contributed by atoms with Gasteiger partial charge in [-0.2, -0.15) is 0 Å². The summed E-state index contributed by atoms with van der Waals surface area (Å²) in [6.45, 7) is 9.37. The molecule has 0 aliphatic rings. The second-order valence-electron chi connectivity index (χ2n) is 18.7. The number of amides is 13. The fourth-order valence-corrected chi connectivity index (χ4v) is 6.61. The summed E-state index contributed by atoms with van der Waals surface area (Å²) in [4.78, 5) is 112. The molecule has 0 atom stereocenters. The molecule has 33 heteroatoms. The van der Waals surface area contributed by atoms with Crippen molar-refractivity contribution in [1.29, 1.82) is 0 Å². The number of rotatable bonds is 44. The second-order valence-corrected chi connectivity index (χ2v) is 18.7. The van der Waals surface area contributed by atoms with E-state index < -0.39 is 5.41 Å². The Morgan fingerprint density at radius 2 is 0.478 bits per heavy atom. The first kappa shape index (κ1) is 81.2. The Morgan fingerprint density at radius 3 is 0.644 bits per heavy atom. The largest absolute Gasteiger partial charge is 0.491 e. The number of ether oxygens (including phenoxy) is 10. The topological polar surface area (TPSA) is 419 Å². The van der Waals surface area contributed by atoms with Crippen molar-refractivity contribution in [3.63, 3.8) is 0 Å². The fourth-order valence-electron chi connectivity index (χ4n) is 6.61. The number of hydrogen-bond acceptors (Lipinski definition) is 20. The minimum Gasteiger partial charge on any atom is -0.491 e. The van der Waals surface area contributed by atoms with Crippen LogP contribution in [0.5, 0.6) is 34.5 Å². The van der Waals surface area contributed by atoms with Gasteiger partial charge < -0.3 is 116 Å². The standard InChI is InChI=1S/C21H40N4O8.C18H30N6O6.C18H27N3O6/c1-22-17(26)5-9-30-13-21(14-31-10-6-18(27)23-2,15-32-11-7-19(28)24-3)16-33-12-8-20(29)25-4;1-19-16(25)22-4-7-28-13-10-14(29-8-5-23-17(26)20-2)12-15(11-13)30-9-6-24-18(27)21-3;1-13(22)19-4-7-25-16-10-17(26-8-5-20-14(2)23)12-18(11-16)27-9-6-21-15(3)24/h5-16H2,1-4H3,(H,22,26)(H,23,27)(H,24,28)(H,25,29);10-12H,4-9H2,1-3H3,(H2,19,22,25)(H2,20,23,26)(H2,21,24,27);10-12H,4-9H2,1-3H3,(H,19,22)(H,20,23)(H,21,24). The molecule has 13 N–H and O–H groups in total. The first-order valence-corrected chi connectivity index (χ1v) is 29.0. The summed E-state index contributed by atoms with van der Waals surface area (Å²) < 4.78 is 56.7. The van der Waals surface area contributed by atoms with Gasteiger partial charge in [0.05, 0.1) is 97.5 Å². The van der Waals surface area contributed by atoms with Crippen LogP contribution in [0.4, 0.5) is 14.4 Å². The molecule has 2 aromatic rings. The molecule has 0 aliphatic heterocycles. The summed E-state index contributed by atoms with van der Waals surface area (Å²) in [5.41, 5.74) is -0.767. The second kappa shape index (κ2) is 52.1. The molecule has 0 fully saturated rings. The summed E-state index contributed by atoms with van der Waals surface area (Å²) in [5.74, 6) is 2.04. The van der Waals surface area contributed by atoms with Crippen LogP contribution < -0.4 is 97.5 Å². The minimum atomic E-state index is -0.767. The highest BCUT2D eigenvalue weighted by molar-refractivity contribution is 5.77. The lowest BCUT2D eigenvalue weighted by Gasteiger charge is -2.33. The van der Waals surface area contributed by atoms with E-state index in [0.717, 1.165) is 0 Å². The van der Waals surface area contributed by atoms with Crippen LogP contribution >= 0.6 is 0 Å². The van der Waals surface area contributed by atoms with E-state index in [-0.39, 0.29) is 158 Å². The van der Waals surface area contributed by atoms with Gasteiger partial charge in [0, 0.05) is 132 Å². The molecule has 0 unspecified atom stereocenters. The Labute approximate surface area is 526 Å². The molecule has 2 aromatic carbocycles. The van der Waals surface area contributed by atoms with Gasteiger partial charge in [-0.25, -0.2) is 14.4 Å². The Hall–Kier alpha value is -8.82. The van der Waals surface area contributed by atoms with Crippen LogP contribution in [-0.4, -0.2) is 241 Å². The number of carbonyl (C=O) groups is 10. The van der Waals surface area contributed by atoms with E-state index in [1.165, 1.54) is 41.9 Å². The first-order valence-electron chi connectivity index (χ1n) is 29.0. The summed E-state index contributed by atoms with van der Waals surface area (Å²) >= 11 is 0. The van der Waals surface area contributed by atoms with Gasteiger partial charge in [0.2, 0.25) is 41.4 Å². The van der Waals surface area contributed by atoms with Crippen LogP contribution in [-0.2, 0) is 52.5 Å². The molecule has 0 radical (unpaired) electrons. The maximum Gasteiger partial charge on any atom is 0.314 e. The number of urea groups is 3. The maximum atomic E-state index is 11.5. The average Bonchev–Trinajstić information content (AvgIpc) is 3.64. The minimum absolute atomic E-state index is 0.129. The van der Waals surface area contributed by atoms with Gasteiger partial charge in [-0.3, -0.25) is 33.6 Å². The zero-order valence-corrected chi connectivity index (χ0v) is 53.6.